The van der Waals surface area contributed by atoms with Gasteiger partial charge in [0.25, 0.3) is 0 Å². The van der Waals surface area contributed by atoms with Crippen LogP contribution in [0, 0.1) is 0 Å². The Morgan fingerprint density at radius 2 is 2.06 bits per heavy atom. The molecule has 18 heavy (non-hydrogen) atoms. The van der Waals surface area contributed by atoms with Gasteiger partial charge in [-0.15, -0.1) is 0 Å². The van der Waals surface area contributed by atoms with Gasteiger partial charge in [0.15, 0.2) is 5.76 Å². The van der Waals surface area contributed by atoms with E-state index in [0.29, 0.717) is 11.7 Å². The van der Waals surface area contributed by atoms with Gasteiger partial charge in [-0.1, -0.05) is 24.3 Å². The summed E-state index contributed by atoms with van der Waals surface area (Å²) in [5.74, 6) is -0.278. The zero-order chi connectivity index (χ0) is 11.8. The van der Waals surface area contributed by atoms with Crippen LogP contribution in [0.15, 0.2) is 34.9 Å². The maximum Gasteiger partial charge on any atom is 0.392 e. The molecule has 0 aliphatic heterocycles. The van der Waals surface area contributed by atoms with Crippen molar-refractivity contribution in [2.75, 3.05) is 0 Å². The number of carboxylic acids is 1. The molecule has 0 saturated heterocycles. The van der Waals surface area contributed by atoms with Crippen molar-refractivity contribution in [2.24, 2.45) is 0 Å². The molecule has 0 spiro atoms. The second-order valence-electron chi connectivity index (χ2n) is 4.20. The van der Waals surface area contributed by atoms with Crippen molar-refractivity contribution in [3.05, 3.63) is 41.9 Å². The van der Waals surface area contributed by atoms with E-state index in [1.165, 1.54) is 24.6 Å². The first-order chi connectivity index (χ1) is 8.25. The quantitative estimate of drug-likeness (QED) is 0.831. The molecule has 87 valence electrons. The smallest absolute Gasteiger partial charge is 0.392 e. The molecule has 1 aromatic heterocycles. The number of carboxylic acid groups (broad SMARTS) is 1. The van der Waals surface area contributed by atoms with E-state index in [-0.39, 0.29) is 24.8 Å². The molecule has 1 heterocycles. The van der Waals surface area contributed by atoms with Gasteiger partial charge in [0.2, 0.25) is 0 Å². The third kappa shape index (κ3) is 2.35. The molecular formula is C13H11LiNO3. The van der Waals surface area contributed by atoms with E-state index < -0.39 is 5.97 Å². The molecule has 2 aromatic rings. The van der Waals surface area contributed by atoms with Gasteiger partial charge in [-0.05, 0) is 24.3 Å². The number of aromatic carboxylic acids is 1. The van der Waals surface area contributed by atoms with E-state index in [4.69, 9.17) is 9.52 Å². The minimum Gasteiger partial charge on any atom is -0.474 e. The fraction of sp³-hybridized carbons (Fsp3) is 0.231. The second-order valence-corrected chi connectivity index (χ2v) is 4.20. The summed E-state index contributed by atoms with van der Waals surface area (Å²) in [6.07, 6.45) is 3.86. The minimum absolute atomic E-state index is 0. The number of hydrogen-bond acceptors (Lipinski definition) is 3. The van der Waals surface area contributed by atoms with Crippen LogP contribution in [0.4, 0.5) is 0 Å². The maximum absolute atomic E-state index is 10.7. The molecule has 1 aliphatic rings. The van der Waals surface area contributed by atoms with Crippen molar-refractivity contribution in [2.45, 2.75) is 18.8 Å². The Morgan fingerprint density at radius 3 is 2.67 bits per heavy atom. The summed E-state index contributed by atoms with van der Waals surface area (Å²) in [6.45, 7) is 0. The Balaban J connectivity index is 0.00000120. The predicted molar refractivity (Wildman–Crippen MR) is 66.6 cm³/mol. The van der Waals surface area contributed by atoms with E-state index in [0.717, 1.165) is 5.56 Å². The van der Waals surface area contributed by atoms with Crippen LogP contribution >= 0.6 is 0 Å². The third-order valence-corrected chi connectivity index (χ3v) is 2.93. The molecule has 5 heteroatoms. The van der Waals surface area contributed by atoms with Gasteiger partial charge in [-0.3, -0.25) is 0 Å². The molecule has 0 atom stereocenters. The van der Waals surface area contributed by atoms with Gasteiger partial charge in [-0.2, -0.15) is 0 Å². The van der Waals surface area contributed by atoms with Crippen molar-refractivity contribution >= 4 is 24.8 Å². The zero-order valence-corrected chi connectivity index (χ0v) is 10.1. The molecule has 0 bridgehead atoms. The SMILES string of the molecule is O=C(O)c1ncc(-c2ccccc2C2CC2)o1.[Li]. The Bertz CT molecular complexity index is 575. The number of rotatable bonds is 3. The van der Waals surface area contributed by atoms with E-state index >= 15 is 0 Å². The first-order valence-corrected chi connectivity index (χ1v) is 5.54. The van der Waals surface area contributed by atoms with Crippen LogP contribution in [0.5, 0.6) is 0 Å². The number of oxazole rings is 1. The number of nitrogens with zero attached hydrogens (tertiary/aromatic N) is 1. The summed E-state index contributed by atoms with van der Waals surface area (Å²) >= 11 is 0. The Labute approximate surface area is 116 Å². The molecule has 1 aromatic carbocycles. The molecule has 1 fully saturated rings. The molecule has 0 amide bonds. The topological polar surface area (TPSA) is 63.3 Å². The second kappa shape index (κ2) is 5.01. The fourth-order valence-electron chi connectivity index (χ4n) is 1.97. The van der Waals surface area contributed by atoms with Gasteiger partial charge >= 0.3 is 11.9 Å². The van der Waals surface area contributed by atoms with Crippen LogP contribution in [0.3, 0.4) is 0 Å². The largest absolute Gasteiger partial charge is 0.474 e. The van der Waals surface area contributed by atoms with Crippen molar-refractivity contribution in [3.63, 3.8) is 0 Å². The summed E-state index contributed by atoms with van der Waals surface area (Å²) in [4.78, 5) is 14.5. The van der Waals surface area contributed by atoms with Gasteiger partial charge < -0.3 is 9.52 Å². The van der Waals surface area contributed by atoms with Crippen LogP contribution in [0.25, 0.3) is 11.3 Å². The van der Waals surface area contributed by atoms with Crippen molar-refractivity contribution in [1.82, 2.24) is 4.98 Å². The molecule has 1 saturated carbocycles. The summed E-state index contributed by atoms with van der Waals surface area (Å²) in [7, 11) is 0. The Morgan fingerprint density at radius 1 is 1.33 bits per heavy atom. The molecule has 1 aliphatic carbocycles. The molecule has 1 N–H and O–H groups in total. The minimum atomic E-state index is -1.14. The average molecular weight is 236 g/mol. The van der Waals surface area contributed by atoms with Crippen LogP contribution in [0.2, 0.25) is 0 Å². The Hall–Kier alpha value is -1.50. The number of benzene rings is 1. The Kier molecular flexibility index (Phi) is 3.60. The fourth-order valence-corrected chi connectivity index (χ4v) is 1.97. The molecular weight excluding hydrogens is 225 g/mol. The van der Waals surface area contributed by atoms with Crippen molar-refractivity contribution < 1.29 is 14.3 Å². The molecule has 1 radical (unpaired) electrons. The predicted octanol–water partition coefficient (Wildman–Crippen LogP) is 2.54. The summed E-state index contributed by atoms with van der Waals surface area (Å²) in [6, 6.07) is 7.92. The summed E-state index contributed by atoms with van der Waals surface area (Å²) in [5.41, 5.74) is 2.18. The number of hydrogen-bond donors (Lipinski definition) is 1. The molecule has 0 unspecified atom stereocenters. The summed E-state index contributed by atoms with van der Waals surface area (Å²) in [5, 5.41) is 8.78. The van der Waals surface area contributed by atoms with E-state index in [9.17, 15) is 4.79 Å². The molecule has 3 rings (SSSR count). The third-order valence-electron chi connectivity index (χ3n) is 2.93. The standard InChI is InChI=1S/C13H11NO3.Li/c15-13(16)12-14-7-11(17-12)10-4-2-1-3-9(10)8-5-6-8;/h1-4,7-8H,5-6H2,(H,15,16);. The van der Waals surface area contributed by atoms with E-state index in [2.05, 4.69) is 11.1 Å². The van der Waals surface area contributed by atoms with Gasteiger partial charge in [0, 0.05) is 24.4 Å². The zero-order valence-electron chi connectivity index (χ0n) is 10.1. The first kappa shape index (κ1) is 12.9. The van der Waals surface area contributed by atoms with Gasteiger partial charge in [-0.25, -0.2) is 9.78 Å². The average Bonchev–Trinajstić information content (AvgIpc) is 3.06. The van der Waals surface area contributed by atoms with Crippen LogP contribution in [-0.4, -0.2) is 34.9 Å². The monoisotopic (exact) mass is 236 g/mol. The van der Waals surface area contributed by atoms with Gasteiger partial charge in [0.05, 0.1) is 6.20 Å². The normalized spacial score (nSPS) is 14.0. The van der Waals surface area contributed by atoms with E-state index in [1.54, 1.807) is 0 Å². The van der Waals surface area contributed by atoms with Crippen molar-refractivity contribution in [1.29, 1.82) is 0 Å². The van der Waals surface area contributed by atoms with Crippen LogP contribution in [0.1, 0.15) is 35.0 Å². The van der Waals surface area contributed by atoms with Crippen molar-refractivity contribution in [3.8, 4) is 11.3 Å². The van der Waals surface area contributed by atoms with Gasteiger partial charge in [0.1, 0.15) is 0 Å². The maximum atomic E-state index is 10.7. The first-order valence-electron chi connectivity index (χ1n) is 5.54. The molecule has 4 nitrogen and oxygen atoms in total. The van der Waals surface area contributed by atoms with Crippen LogP contribution in [-0.2, 0) is 0 Å². The number of carbonyl (C=O) groups is 1. The van der Waals surface area contributed by atoms with Crippen LogP contribution < -0.4 is 0 Å². The summed E-state index contributed by atoms with van der Waals surface area (Å²) < 4.78 is 5.24. The number of aromatic nitrogens is 1. The van der Waals surface area contributed by atoms with E-state index in [1.807, 2.05) is 18.2 Å².